The van der Waals surface area contributed by atoms with E-state index in [1.807, 2.05) is 19.9 Å². The van der Waals surface area contributed by atoms with Crippen molar-refractivity contribution in [2.75, 3.05) is 214 Å². The van der Waals surface area contributed by atoms with Gasteiger partial charge in [0.15, 0.2) is 6.10 Å². The van der Waals surface area contributed by atoms with Gasteiger partial charge in [0.1, 0.15) is 48.8 Å². The monoisotopic (exact) mass is 1990 g/mol. The van der Waals surface area contributed by atoms with Gasteiger partial charge >= 0.3 is 12.1 Å². The smallest absolute Gasteiger partial charge is 0.410 e. The third-order valence-corrected chi connectivity index (χ3v) is 23.7. The Morgan fingerprint density at radius 2 is 1.09 bits per heavy atom. The van der Waals surface area contributed by atoms with Crippen molar-refractivity contribution in [1.82, 2.24) is 51.5 Å². The number of unbranched alkanes of at least 4 members (excludes halogenated alkanes) is 1. The summed E-state index contributed by atoms with van der Waals surface area (Å²) in [7, 11) is 7.51. The normalized spacial score (nSPS) is 18.6. The number of carboxylic acid groups (broad SMARTS) is 1. The predicted octanol–water partition coefficient (Wildman–Crippen LogP) is 1.28. The fraction of sp³-hybridized carbons (Fsp3) is 0.729. The number of hydrogen-bond acceptors (Lipinski definition) is 33. The zero-order valence-electron chi connectivity index (χ0n) is 83.6. The highest BCUT2D eigenvalue weighted by Gasteiger charge is 2.49. The highest BCUT2D eigenvalue weighted by molar-refractivity contribution is 6.13. The van der Waals surface area contributed by atoms with E-state index in [4.69, 9.17) is 80.5 Å². The molecular weight excluding hydrogens is 1840 g/mol. The molecule has 3 heterocycles. The molecule has 0 radical (unpaired) electrons. The third kappa shape index (κ3) is 44.0. The summed E-state index contributed by atoms with van der Waals surface area (Å²) >= 11 is 0. The molecule has 2 aromatic carbocycles. The molecule has 140 heavy (non-hydrogen) atoms. The number of likely N-dealkylation sites (tertiary alicyclic amines) is 1. The van der Waals surface area contributed by atoms with Crippen molar-refractivity contribution < 1.29 is 164 Å². The number of ether oxygens (including phenoxy) is 17. The first-order valence-corrected chi connectivity index (χ1v) is 48.3. The number of likely N-dealkylation sites (N-methyl/N-ethyl adjacent to an activating group) is 2. The van der Waals surface area contributed by atoms with Gasteiger partial charge in [-0.25, -0.2) is 9.59 Å². The minimum absolute atomic E-state index is 0.0500. The molecule has 0 saturated carbocycles. The summed E-state index contributed by atoms with van der Waals surface area (Å²) in [6.45, 7) is 22.8. The van der Waals surface area contributed by atoms with Gasteiger partial charge in [0.05, 0.1) is 201 Å². The second kappa shape index (κ2) is 68.9. The fourth-order valence-electron chi connectivity index (χ4n) is 15.7. The average molecular weight is 1990 g/mol. The molecule has 2 saturated heterocycles. The number of methoxy groups -OCH3 is 3. The van der Waals surface area contributed by atoms with Crippen LogP contribution in [0.15, 0.2) is 60.7 Å². The molecule has 2 fully saturated rings. The summed E-state index contributed by atoms with van der Waals surface area (Å²) in [5, 5.41) is 69.5. The average Bonchev–Trinajstić information content (AvgIpc) is 0.819. The van der Waals surface area contributed by atoms with Crippen LogP contribution in [-0.4, -0.2) is 409 Å². The Morgan fingerprint density at radius 1 is 0.557 bits per heavy atom. The maximum absolute atomic E-state index is 15.0. The summed E-state index contributed by atoms with van der Waals surface area (Å²) in [6, 6.07) is 7.69. The molecule has 16 atom stereocenters. The molecule has 794 valence electrons. The second-order valence-corrected chi connectivity index (χ2v) is 34.8. The van der Waals surface area contributed by atoms with Crippen molar-refractivity contribution in [3.63, 3.8) is 0 Å². The van der Waals surface area contributed by atoms with Gasteiger partial charge in [-0.05, 0) is 80.0 Å². The number of carboxylic acids is 1. The Morgan fingerprint density at radius 3 is 1.60 bits per heavy atom. The molecule has 3 aliphatic rings. The number of aliphatic hydroxyl groups excluding tert-OH is 4. The quantitative estimate of drug-likeness (QED) is 0.0328. The van der Waals surface area contributed by atoms with Crippen molar-refractivity contribution in [2.45, 2.75) is 218 Å². The highest BCUT2D eigenvalue weighted by atomic mass is 16.7. The number of benzene rings is 2. The Balaban J connectivity index is 1.07. The summed E-state index contributed by atoms with van der Waals surface area (Å²) in [6.07, 6.45) is -9.85. The Kier molecular flexibility index (Phi) is 59.7. The third-order valence-electron chi connectivity index (χ3n) is 23.7. The summed E-state index contributed by atoms with van der Waals surface area (Å²) in [4.78, 5) is 168. The number of aliphatic carboxylic acids is 1. The number of nitrogens with one attached hydrogen (secondary N) is 6. The van der Waals surface area contributed by atoms with E-state index < -0.39 is 170 Å². The molecule has 0 bridgehead atoms. The molecule has 44 heteroatoms. The van der Waals surface area contributed by atoms with Crippen LogP contribution in [0.25, 0.3) is 0 Å². The Labute approximate surface area is 821 Å². The number of nitrogens with zero attached hydrogens (tertiary/aromatic N) is 4. The maximum Gasteiger partial charge on any atom is 0.410 e. The second-order valence-electron chi connectivity index (χ2n) is 34.8. The van der Waals surface area contributed by atoms with Crippen molar-refractivity contribution in [3.05, 3.63) is 77.4 Å². The first-order valence-electron chi connectivity index (χ1n) is 48.3. The Bertz CT molecular complexity index is 3990. The van der Waals surface area contributed by atoms with Crippen LogP contribution in [0.2, 0.25) is 0 Å². The molecule has 0 spiro atoms. The van der Waals surface area contributed by atoms with Crippen LogP contribution in [0.4, 0.5) is 4.79 Å². The molecule has 11 amide bonds. The minimum atomic E-state index is -2.07. The Hall–Kier alpha value is -9.14. The van der Waals surface area contributed by atoms with Crippen LogP contribution in [0, 0.1) is 23.7 Å². The molecule has 44 nitrogen and oxygen atoms in total. The maximum atomic E-state index is 15.0. The number of hydrogen-bond donors (Lipinski definition) is 11. The first kappa shape index (κ1) is 121. The number of aliphatic hydroxyl groups is 4. The lowest BCUT2D eigenvalue weighted by atomic mass is 9.89. The van der Waals surface area contributed by atoms with Gasteiger partial charge in [0.25, 0.3) is 11.8 Å². The number of carbonyl (C=O) groups excluding carboxylic acids is 11. The van der Waals surface area contributed by atoms with Crippen LogP contribution in [-0.2, 0) is 142 Å². The zero-order chi connectivity index (χ0) is 103. The summed E-state index contributed by atoms with van der Waals surface area (Å²) in [5.74, 6) is -9.31. The molecule has 0 aromatic heterocycles. The van der Waals surface area contributed by atoms with Crippen molar-refractivity contribution in [1.29, 1.82) is 0 Å². The molecule has 0 unspecified atom stereocenters. The van der Waals surface area contributed by atoms with Crippen LogP contribution >= 0.6 is 0 Å². The van der Waals surface area contributed by atoms with Gasteiger partial charge < -0.3 is 148 Å². The van der Waals surface area contributed by atoms with Gasteiger partial charge in [-0.3, -0.25) is 57.7 Å². The SMILES string of the molecule is CC[C@H](C)[C@@H]([C@@H](CC(=O)N1CCC[C@H]1[C@H](OC)[C@@H](C)C(=O)N[C@H](C)[C@H](O)c1ccccc1)OC)N(C)C(=O)[C@@H](NC(=O)[C@H](C(C)C)N(C)C(=O)OCc1ccc(O[C@@H]2O[C@H](C(=O)O)[C@@H](O)[C@H](O)[C@H]2O)c(CNC(=O)CCNC(=O)[C@H](CCCCNC(=O)CCOCCOCCOCCOCCOCCOCCOCCOCCOCCOCCOCCOC)NC(=O)CCN2C(=O)C=CC2=O)c1)C(C)C. The standard InChI is InChI=1S/C96H156N10O34/c1-14-65(6)83(74(125-12)60-80(112)105-34-20-24-72(105)88(126-13)66(7)90(117)100-67(8)84(113)69-21-16-15-17-22-69)103(9)93(120)81(63(2)3)102-92(119)82(64(4)5)104(10)96(123)138-62-68-25-26-73(139-95-87(116)85(114)86(115)89(140-95)94(121)122)70(59-68)61-99-75(107)29-33-98-91(118)71(101-77(109)30-35-106-78(110)27-28-79(106)111)23-18-19-32-97-76(108)31-36-127-39-40-129-43-44-131-47-48-133-51-52-135-55-56-137-58-57-136-54-53-134-50-49-132-46-45-130-42-41-128-38-37-124-11/h15-17,21-22,25-28,59,63-67,71-72,74,81-89,95,113-116H,14,18-20,23-24,29-58,60-62H2,1-13H3,(H,97,108)(H,98,118)(H,99,107)(H,100,117)(H,101,109)(H,102,119)(H,121,122)/t65-,66+,67+,71-,72-,74+,81-,82-,83-,84-,85-,86-,87+,88+,89-,95+/m0/s1. The van der Waals surface area contributed by atoms with Gasteiger partial charge in [-0.1, -0.05) is 91.3 Å². The number of carbonyl (C=O) groups is 12. The minimum Gasteiger partial charge on any atom is -0.479 e. The van der Waals surface area contributed by atoms with Gasteiger partial charge in [-0.15, -0.1) is 0 Å². The lowest BCUT2D eigenvalue weighted by Gasteiger charge is -2.41. The number of rotatable bonds is 76. The fourth-order valence-corrected chi connectivity index (χ4v) is 15.7. The molecule has 2 aromatic rings. The first-order chi connectivity index (χ1) is 67.2. The van der Waals surface area contributed by atoms with E-state index in [-0.39, 0.29) is 112 Å². The summed E-state index contributed by atoms with van der Waals surface area (Å²) in [5.41, 5.74) is 0.993. The van der Waals surface area contributed by atoms with E-state index in [2.05, 4.69) is 31.9 Å². The molecule has 0 aliphatic carbocycles. The molecule has 3 aliphatic heterocycles. The molecule has 11 N–H and O–H groups in total. The topological polar surface area (TPSA) is 548 Å². The number of amides is 11. The van der Waals surface area contributed by atoms with E-state index in [0.717, 1.165) is 22.0 Å². The van der Waals surface area contributed by atoms with Gasteiger partial charge in [-0.2, -0.15) is 0 Å². The van der Waals surface area contributed by atoms with Crippen LogP contribution in [0.3, 0.4) is 0 Å². The molecular formula is C96H156N10O34. The van der Waals surface area contributed by atoms with Crippen LogP contribution in [0.1, 0.15) is 142 Å². The lowest BCUT2D eigenvalue weighted by Crippen LogP contribution is -2.61. The van der Waals surface area contributed by atoms with Crippen LogP contribution in [0.5, 0.6) is 5.75 Å². The van der Waals surface area contributed by atoms with E-state index >= 15 is 4.79 Å². The zero-order valence-corrected chi connectivity index (χ0v) is 83.6. The molecule has 5 rings (SSSR count). The van der Waals surface area contributed by atoms with Crippen molar-refractivity contribution in [2.24, 2.45) is 23.7 Å². The van der Waals surface area contributed by atoms with Crippen LogP contribution < -0.4 is 36.6 Å². The summed E-state index contributed by atoms with van der Waals surface area (Å²) < 4.78 is 94.6. The van der Waals surface area contributed by atoms with Crippen molar-refractivity contribution >= 4 is 71.1 Å². The predicted molar refractivity (Wildman–Crippen MR) is 504 cm³/mol. The van der Waals surface area contributed by atoms with Gasteiger partial charge in [0, 0.05) is 105 Å². The lowest BCUT2D eigenvalue weighted by molar-refractivity contribution is -0.271. The highest BCUT2D eigenvalue weighted by Crippen LogP contribution is 2.33. The van der Waals surface area contributed by atoms with E-state index in [1.54, 1.807) is 84.9 Å². The van der Waals surface area contributed by atoms with E-state index in [1.165, 1.54) is 44.4 Å². The number of imide groups is 1. The van der Waals surface area contributed by atoms with Crippen molar-refractivity contribution in [3.8, 4) is 5.75 Å². The van der Waals surface area contributed by atoms with Gasteiger partial charge in [0.2, 0.25) is 53.5 Å². The van der Waals surface area contributed by atoms with E-state index in [9.17, 15) is 78.3 Å². The van der Waals surface area contributed by atoms with E-state index in [0.29, 0.717) is 176 Å². The largest absolute Gasteiger partial charge is 0.479 e.